The SMILES string of the molecule is CCCCCCCCCCCCCCC(CCCCCCCCCCCC)C(N)C(=O)O. The first-order valence-corrected chi connectivity index (χ1v) is 14.6. The molecule has 3 N–H and O–H groups in total. The normalized spacial score (nSPS) is 13.3. The van der Waals surface area contributed by atoms with Crippen molar-refractivity contribution >= 4 is 5.97 Å². The van der Waals surface area contributed by atoms with E-state index in [2.05, 4.69) is 13.8 Å². The Hall–Kier alpha value is -0.570. The minimum absolute atomic E-state index is 0.157. The predicted octanol–water partition coefficient (Wildman–Crippen LogP) is 9.42. The molecule has 0 aromatic heterocycles. The van der Waals surface area contributed by atoms with E-state index in [9.17, 15) is 9.90 Å². The zero-order valence-electron chi connectivity index (χ0n) is 22.1. The van der Waals surface area contributed by atoms with Crippen LogP contribution in [0.15, 0.2) is 0 Å². The lowest BCUT2D eigenvalue weighted by molar-refractivity contribution is -0.140. The van der Waals surface area contributed by atoms with E-state index in [4.69, 9.17) is 5.73 Å². The summed E-state index contributed by atoms with van der Waals surface area (Å²) in [5, 5.41) is 9.38. The largest absolute Gasteiger partial charge is 0.480 e. The predicted molar refractivity (Wildman–Crippen MR) is 141 cm³/mol. The van der Waals surface area contributed by atoms with Crippen molar-refractivity contribution in [1.29, 1.82) is 0 Å². The molecule has 2 atom stereocenters. The van der Waals surface area contributed by atoms with Crippen LogP contribution in [0.25, 0.3) is 0 Å². The summed E-state index contributed by atoms with van der Waals surface area (Å²) in [5.74, 6) is -0.661. The van der Waals surface area contributed by atoms with Gasteiger partial charge in [0.05, 0.1) is 0 Å². The molecule has 0 aliphatic carbocycles. The maximum atomic E-state index is 11.4. The molecular formula is C29H59NO2. The van der Waals surface area contributed by atoms with Crippen molar-refractivity contribution < 1.29 is 9.90 Å². The third kappa shape index (κ3) is 21.3. The highest BCUT2D eigenvalue weighted by Gasteiger charge is 2.23. The lowest BCUT2D eigenvalue weighted by atomic mass is 9.88. The van der Waals surface area contributed by atoms with E-state index >= 15 is 0 Å². The second-order valence-corrected chi connectivity index (χ2v) is 10.3. The number of rotatable bonds is 26. The zero-order valence-corrected chi connectivity index (χ0v) is 22.1. The molecule has 0 aliphatic heterocycles. The standard InChI is InChI=1S/C29H59NO2/c1-3-5-7-9-11-13-15-16-18-20-22-24-26-27(28(30)29(31)32)25-23-21-19-17-14-12-10-8-6-4-2/h27-28H,3-26,30H2,1-2H3,(H,31,32). The molecule has 0 amide bonds. The molecule has 3 nitrogen and oxygen atoms in total. The van der Waals surface area contributed by atoms with Gasteiger partial charge in [-0.2, -0.15) is 0 Å². The second-order valence-electron chi connectivity index (χ2n) is 10.3. The van der Waals surface area contributed by atoms with Crippen LogP contribution in [0, 0.1) is 5.92 Å². The first kappa shape index (κ1) is 31.4. The van der Waals surface area contributed by atoms with Crippen LogP contribution in [0.4, 0.5) is 0 Å². The third-order valence-electron chi connectivity index (χ3n) is 7.15. The van der Waals surface area contributed by atoms with E-state index in [0.717, 1.165) is 25.7 Å². The summed E-state index contributed by atoms with van der Waals surface area (Å²) in [4.78, 5) is 11.4. The lowest BCUT2D eigenvalue weighted by Crippen LogP contribution is -2.38. The van der Waals surface area contributed by atoms with E-state index in [0.29, 0.717) is 0 Å². The van der Waals surface area contributed by atoms with Gasteiger partial charge in [0, 0.05) is 0 Å². The van der Waals surface area contributed by atoms with Crippen molar-refractivity contribution in [3.63, 3.8) is 0 Å². The monoisotopic (exact) mass is 453 g/mol. The zero-order chi connectivity index (χ0) is 23.7. The Morgan fingerprint density at radius 3 is 1.03 bits per heavy atom. The Bertz CT molecular complexity index is 385. The Morgan fingerprint density at radius 1 is 0.531 bits per heavy atom. The fraction of sp³-hybridized carbons (Fsp3) is 0.966. The fourth-order valence-corrected chi connectivity index (χ4v) is 4.85. The summed E-state index contributed by atoms with van der Waals surface area (Å²) in [7, 11) is 0. The van der Waals surface area contributed by atoms with Gasteiger partial charge in [0.15, 0.2) is 0 Å². The highest BCUT2D eigenvalue weighted by Crippen LogP contribution is 2.22. The summed E-state index contributed by atoms with van der Waals surface area (Å²) in [6, 6.07) is -0.679. The van der Waals surface area contributed by atoms with Crippen molar-refractivity contribution in [2.45, 2.75) is 174 Å². The van der Waals surface area contributed by atoms with Crippen LogP contribution in [-0.4, -0.2) is 17.1 Å². The number of aliphatic carboxylic acids is 1. The molecule has 0 saturated heterocycles. The van der Waals surface area contributed by atoms with Crippen LogP contribution in [0.5, 0.6) is 0 Å². The average Bonchev–Trinajstić information content (AvgIpc) is 2.79. The number of carboxylic acids is 1. The Kier molecular flexibility index (Phi) is 24.6. The molecule has 0 bridgehead atoms. The Balaban J connectivity index is 3.70. The third-order valence-corrected chi connectivity index (χ3v) is 7.15. The minimum Gasteiger partial charge on any atom is -0.480 e. The van der Waals surface area contributed by atoms with E-state index in [1.54, 1.807) is 0 Å². The highest BCUT2D eigenvalue weighted by atomic mass is 16.4. The van der Waals surface area contributed by atoms with E-state index in [-0.39, 0.29) is 5.92 Å². The van der Waals surface area contributed by atoms with Gasteiger partial charge in [0.1, 0.15) is 6.04 Å². The van der Waals surface area contributed by atoms with Crippen LogP contribution in [0.1, 0.15) is 168 Å². The van der Waals surface area contributed by atoms with E-state index in [1.807, 2.05) is 0 Å². The van der Waals surface area contributed by atoms with Crippen LogP contribution in [0.3, 0.4) is 0 Å². The number of hydrogen-bond donors (Lipinski definition) is 2. The molecule has 0 saturated carbocycles. The number of carboxylic acid groups (broad SMARTS) is 1. The van der Waals surface area contributed by atoms with Gasteiger partial charge in [0.2, 0.25) is 0 Å². The summed E-state index contributed by atoms with van der Waals surface area (Å²) in [6.45, 7) is 4.54. The van der Waals surface area contributed by atoms with Crippen LogP contribution < -0.4 is 5.73 Å². The van der Waals surface area contributed by atoms with Gasteiger partial charge in [0.25, 0.3) is 0 Å². The topological polar surface area (TPSA) is 63.3 Å². The molecule has 0 rings (SSSR count). The van der Waals surface area contributed by atoms with E-state index < -0.39 is 12.0 Å². The van der Waals surface area contributed by atoms with Gasteiger partial charge in [-0.05, 0) is 18.8 Å². The Morgan fingerprint density at radius 2 is 0.781 bits per heavy atom. The number of nitrogens with two attached hydrogens (primary N) is 1. The van der Waals surface area contributed by atoms with Crippen LogP contribution in [-0.2, 0) is 4.79 Å². The molecule has 0 aliphatic rings. The molecule has 32 heavy (non-hydrogen) atoms. The lowest BCUT2D eigenvalue weighted by Gasteiger charge is -2.20. The molecule has 192 valence electrons. The molecular weight excluding hydrogens is 394 g/mol. The van der Waals surface area contributed by atoms with Crippen molar-refractivity contribution in [2.24, 2.45) is 11.7 Å². The smallest absolute Gasteiger partial charge is 0.320 e. The minimum atomic E-state index is -0.819. The number of carbonyl (C=O) groups is 1. The summed E-state index contributed by atoms with van der Waals surface area (Å²) in [6.07, 6.45) is 31.3. The van der Waals surface area contributed by atoms with Gasteiger partial charge in [-0.15, -0.1) is 0 Å². The van der Waals surface area contributed by atoms with Crippen LogP contribution >= 0.6 is 0 Å². The van der Waals surface area contributed by atoms with Crippen molar-refractivity contribution in [3.8, 4) is 0 Å². The molecule has 3 heteroatoms. The second kappa shape index (κ2) is 25.1. The van der Waals surface area contributed by atoms with Gasteiger partial charge in [-0.1, -0.05) is 155 Å². The highest BCUT2D eigenvalue weighted by molar-refractivity contribution is 5.73. The molecule has 2 unspecified atom stereocenters. The maximum Gasteiger partial charge on any atom is 0.320 e. The van der Waals surface area contributed by atoms with Crippen LogP contribution in [0.2, 0.25) is 0 Å². The fourth-order valence-electron chi connectivity index (χ4n) is 4.85. The molecule has 0 spiro atoms. The van der Waals surface area contributed by atoms with Crippen molar-refractivity contribution in [3.05, 3.63) is 0 Å². The van der Waals surface area contributed by atoms with Gasteiger partial charge >= 0.3 is 5.97 Å². The Labute approximate surface area is 201 Å². The first-order chi connectivity index (χ1) is 15.6. The van der Waals surface area contributed by atoms with Gasteiger partial charge < -0.3 is 10.8 Å². The quantitative estimate of drug-likeness (QED) is 0.128. The molecule has 0 aromatic rings. The van der Waals surface area contributed by atoms with Gasteiger partial charge in [-0.25, -0.2) is 0 Å². The maximum absolute atomic E-state index is 11.4. The van der Waals surface area contributed by atoms with Gasteiger partial charge in [-0.3, -0.25) is 4.79 Å². The first-order valence-electron chi connectivity index (χ1n) is 14.6. The number of unbranched alkanes of at least 4 members (excludes halogenated alkanes) is 20. The number of hydrogen-bond acceptors (Lipinski definition) is 2. The molecule has 0 radical (unpaired) electrons. The summed E-state index contributed by atoms with van der Waals surface area (Å²) < 4.78 is 0. The average molecular weight is 454 g/mol. The summed E-state index contributed by atoms with van der Waals surface area (Å²) >= 11 is 0. The summed E-state index contributed by atoms with van der Waals surface area (Å²) in [5.41, 5.74) is 6.02. The van der Waals surface area contributed by atoms with Crippen molar-refractivity contribution in [2.75, 3.05) is 0 Å². The van der Waals surface area contributed by atoms with E-state index in [1.165, 1.54) is 128 Å². The molecule has 0 heterocycles. The van der Waals surface area contributed by atoms with Crippen molar-refractivity contribution in [1.82, 2.24) is 0 Å². The molecule has 0 fully saturated rings. The molecule has 0 aromatic carbocycles.